The minimum Gasteiger partial charge on any atom is -0.355 e. The van der Waals surface area contributed by atoms with Gasteiger partial charge in [0, 0.05) is 11.3 Å². The van der Waals surface area contributed by atoms with Gasteiger partial charge in [-0.05, 0) is 54.9 Å². The van der Waals surface area contributed by atoms with Crippen LogP contribution in [0.25, 0.3) is 0 Å². The van der Waals surface area contributed by atoms with E-state index >= 15 is 0 Å². The Balaban J connectivity index is 1.74. The third-order valence-corrected chi connectivity index (χ3v) is 6.28. The van der Waals surface area contributed by atoms with E-state index in [1.807, 2.05) is 0 Å². The van der Waals surface area contributed by atoms with Gasteiger partial charge in [0.15, 0.2) is 0 Å². The van der Waals surface area contributed by atoms with Gasteiger partial charge in [-0.3, -0.25) is 0 Å². The second-order valence-corrected chi connectivity index (χ2v) is 8.69. The monoisotopic (exact) mass is 436 g/mol. The van der Waals surface area contributed by atoms with Crippen LogP contribution in [-0.2, 0) is 10.1 Å². The molecule has 0 aliphatic heterocycles. The summed E-state index contributed by atoms with van der Waals surface area (Å²) in [6, 6.07) is 4.01. The van der Waals surface area contributed by atoms with Gasteiger partial charge >= 0.3 is 15.6 Å². The summed E-state index contributed by atoms with van der Waals surface area (Å²) >= 11 is 5.78. The van der Waals surface area contributed by atoms with E-state index in [1.165, 1.54) is 24.4 Å². The number of nitrogens with one attached hydrogen (secondary N) is 1. The highest BCUT2D eigenvalue weighted by molar-refractivity contribution is 7.87. The molecule has 1 N–H and O–H groups in total. The number of halogens is 5. The summed E-state index contributed by atoms with van der Waals surface area (Å²) in [4.78, 5) is 3.83. The van der Waals surface area contributed by atoms with Crippen LogP contribution in [0.4, 0.5) is 28.9 Å². The van der Waals surface area contributed by atoms with Crippen molar-refractivity contribution in [1.29, 1.82) is 0 Å². The Labute approximate surface area is 162 Å². The molecule has 0 spiro atoms. The summed E-state index contributed by atoms with van der Waals surface area (Å²) in [6.07, 6.45) is 3.44. The SMILES string of the molecule is O=S(=O)(Oc1ncc(Nc2ccc(F)c(Cl)c2)c2c1C1CCC2C1)C(F)(F)F. The molecule has 2 bridgehead atoms. The van der Waals surface area contributed by atoms with Gasteiger partial charge in [-0.15, -0.1) is 0 Å². The van der Waals surface area contributed by atoms with Crippen molar-refractivity contribution < 1.29 is 30.2 Å². The number of benzene rings is 1. The number of pyridine rings is 1. The van der Waals surface area contributed by atoms with Crippen LogP contribution in [0.15, 0.2) is 24.4 Å². The molecule has 1 aromatic heterocycles. The molecule has 2 aliphatic carbocycles. The molecule has 150 valence electrons. The Morgan fingerprint density at radius 3 is 2.50 bits per heavy atom. The maximum absolute atomic E-state index is 13.3. The lowest BCUT2D eigenvalue weighted by atomic mass is 9.91. The number of alkyl halides is 3. The summed E-state index contributed by atoms with van der Waals surface area (Å²) in [6.45, 7) is 0. The van der Waals surface area contributed by atoms with E-state index in [4.69, 9.17) is 11.6 Å². The normalized spacial score (nSPS) is 20.9. The fourth-order valence-corrected chi connectivity index (χ4v) is 4.53. The molecule has 5 nitrogen and oxygen atoms in total. The van der Waals surface area contributed by atoms with Crippen LogP contribution in [0.1, 0.15) is 42.2 Å². The molecule has 0 amide bonds. The van der Waals surface area contributed by atoms with Crippen LogP contribution in [-0.4, -0.2) is 18.9 Å². The third-order valence-electron chi connectivity index (χ3n) is 5.04. The molecule has 11 heteroatoms. The molecule has 1 saturated carbocycles. The number of hydrogen-bond donors (Lipinski definition) is 1. The van der Waals surface area contributed by atoms with E-state index in [0.717, 1.165) is 6.42 Å². The molecule has 2 atom stereocenters. The molecule has 2 aromatic rings. The van der Waals surface area contributed by atoms with Gasteiger partial charge in [-0.1, -0.05) is 11.6 Å². The van der Waals surface area contributed by atoms with E-state index in [1.54, 1.807) is 0 Å². The smallest absolute Gasteiger partial charge is 0.355 e. The Morgan fingerprint density at radius 1 is 1.18 bits per heavy atom. The molecule has 2 aliphatic rings. The zero-order valence-electron chi connectivity index (χ0n) is 14.1. The van der Waals surface area contributed by atoms with Crippen LogP contribution >= 0.6 is 11.6 Å². The van der Waals surface area contributed by atoms with Crippen molar-refractivity contribution in [3.63, 3.8) is 0 Å². The summed E-state index contributed by atoms with van der Waals surface area (Å²) < 4.78 is 78.6. The number of nitrogens with zero attached hydrogens (tertiary/aromatic N) is 1. The van der Waals surface area contributed by atoms with Crippen molar-refractivity contribution in [2.75, 3.05) is 5.32 Å². The maximum atomic E-state index is 13.3. The minimum atomic E-state index is -5.81. The van der Waals surface area contributed by atoms with Crippen molar-refractivity contribution in [2.24, 2.45) is 0 Å². The Bertz CT molecular complexity index is 1060. The Morgan fingerprint density at radius 2 is 1.86 bits per heavy atom. The first kappa shape index (κ1) is 19.3. The first-order chi connectivity index (χ1) is 13.1. The lowest BCUT2D eigenvalue weighted by Gasteiger charge is -2.22. The summed E-state index contributed by atoms with van der Waals surface area (Å²) in [5.74, 6) is -1.19. The third kappa shape index (κ3) is 3.18. The van der Waals surface area contributed by atoms with Crippen LogP contribution in [0, 0.1) is 5.82 Å². The van der Waals surface area contributed by atoms with Gasteiger partial charge < -0.3 is 9.50 Å². The predicted octanol–water partition coefficient (Wildman–Crippen LogP) is 5.21. The van der Waals surface area contributed by atoms with Crippen LogP contribution in [0.5, 0.6) is 5.88 Å². The highest BCUT2D eigenvalue weighted by atomic mass is 35.5. The van der Waals surface area contributed by atoms with Crippen molar-refractivity contribution in [1.82, 2.24) is 4.98 Å². The van der Waals surface area contributed by atoms with E-state index in [9.17, 15) is 26.0 Å². The Hall–Kier alpha value is -2.07. The van der Waals surface area contributed by atoms with Gasteiger partial charge in [0.25, 0.3) is 0 Å². The highest BCUT2D eigenvalue weighted by Crippen LogP contribution is 2.58. The number of fused-ring (bicyclic) bond motifs is 5. The van der Waals surface area contributed by atoms with Crippen molar-refractivity contribution in [2.45, 2.75) is 36.6 Å². The molecule has 4 rings (SSSR count). The molecule has 1 fully saturated rings. The fourth-order valence-electron chi connectivity index (χ4n) is 3.91. The highest BCUT2D eigenvalue weighted by Gasteiger charge is 2.50. The van der Waals surface area contributed by atoms with Crippen molar-refractivity contribution in [3.8, 4) is 5.88 Å². The number of hydrogen-bond acceptors (Lipinski definition) is 5. The molecule has 2 unspecified atom stereocenters. The van der Waals surface area contributed by atoms with Gasteiger partial charge in [-0.25, -0.2) is 9.37 Å². The van der Waals surface area contributed by atoms with Gasteiger partial charge in [-0.2, -0.15) is 21.6 Å². The van der Waals surface area contributed by atoms with Crippen molar-refractivity contribution in [3.05, 3.63) is 46.4 Å². The molecular formula is C17H13ClF4N2O3S. The first-order valence-electron chi connectivity index (χ1n) is 8.32. The quantitative estimate of drug-likeness (QED) is 0.405. The zero-order chi connectivity index (χ0) is 20.3. The largest absolute Gasteiger partial charge is 0.534 e. The lowest BCUT2D eigenvalue weighted by Crippen LogP contribution is -2.29. The second kappa shape index (κ2) is 6.48. The summed E-state index contributed by atoms with van der Waals surface area (Å²) in [5.41, 5.74) is -3.52. The number of anilines is 2. The second-order valence-electron chi connectivity index (χ2n) is 6.75. The molecular weight excluding hydrogens is 424 g/mol. The average molecular weight is 437 g/mol. The number of rotatable bonds is 4. The van der Waals surface area contributed by atoms with Gasteiger partial charge in [0.1, 0.15) is 5.82 Å². The topological polar surface area (TPSA) is 68.3 Å². The minimum absolute atomic E-state index is 0.0531. The van der Waals surface area contributed by atoms with Gasteiger partial charge in [0.2, 0.25) is 5.88 Å². The van der Waals surface area contributed by atoms with Crippen LogP contribution in [0.2, 0.25) is 5.02 Å². The summed E-state index contributed by atoms with van der Waals surface area (Å²) in [5, 5.41) is 2.95. The van der Waals surface area contributed by atoms with E-state index in [0.29, 0.717) is 35.3 Å². The fraction of sp³-hybridized carbons (Fsp3) is 0.353. The first-order valence-corrected chi connectivity index (χ1v) is 10.1. The predicted molar refractivity (Wildman–Crippen MR) is 93.9 cm³/mol. The summed E-state index contributed by atoms with van der Waals surface area (Å²) in [7, 11) is -5.81. The van der Waals surface area contributed by atoms with E-state index in [-0.39, 0.29) is 16.9 Å². The Kier molecular flexibility index (Phi) is 4.46. The average Bonchev–Trinajstić information content (AvgIpc) is 3.21. The molecule has 0 radical (unpaired) electrons. The zero-order valence-corrected chi connectivity index (χ0v) is 15.6. The lowest BCUT2D eigenvalue weighted by molar-refractivity contribution is -0.0501. The standard InChI is InChI=1S/C17H13ClF4N2O3S/c18-11-6-10(3-4-12(11)19)24-13-7-23-16(27-28(25,26)17(20,21)22)15-9-2-1-8(5-9)14(13)15/h3-4,6-9,24H,1-2,5H2. The van der Waals surface area contributed by atoms with E-state index < -0.39 is 27.3 Å². The molecule has 0 saturated heterocycles. The van der Waals surface area contributed by atoms with Crippen molar-refractivity contribution >= 4 is 33.1 Å². The number of aromatic nitrogens is 1. The van der Waals surface area contributed by atoms with Crippen LogP contribution in [0.3, 0.4) is 0 Å². The van der Waals surface area contributed by atoms with Gasteiger partial charge in [0.05, 0.1) is 16.9 Å². The van der Waals surface area contributed by atoms with E-state index in [2.05, 4.69) is 14.5 Å². The van der Waals surface area contributed by atoms with Crippen LogP contribution < -0.4 is 9.50 Å². The molecule has 1 aromatic carbocycles. The molecule has 28 heavy (non-hydrogen) atoms. The maximum Gasteiger partial charge on any atom is 0.534 e. The molecule has 1 heterocycles.